The fourth-order valence-electron chi connectivity index (χ4n) is 2.86. The van der Waals surface area contributed by atoms with Crippen LogP contribution in [0.4, 0.5) is 25.4 Å². The van der Waals surface area contributed by atoms with E-state index in [1.54, 1.807) is 12.1 Å². The quantitative estimate of drug-likeness (QED) is 0.834. The molecular formula is C16H20FN3O5S. The zero-order valence-electron chi connectivity index (χ0n) is 14.3. The van der Waals surface area contributed by atoms with Crippen molar-refractivity contribution in [1.82, 2.24) is 5.32 Å². The first-order valence-electron chi connectivity index (χ1n) is 8.20. The number of alkyl carbamates (subject to hydrolysis) is 1. The topological polar surface area (TPSA) is 88.2 Å². The van der Waals surface area contributed by atoms with Crippen molar-refractivity contribution in [2.24, 2.45) is 0 Å². The first-order valence-corrected chi connectivity index (χ1v) is 9.69. The Morgan fingerprint density at radius 1 is 1.42 bits per heavy atom. The highest BCUT2D eigenvalue weighted by molar-refractivity contribution is 7.85. The van der Waals surface area contributed by atoms with Crippen LogP contribution in [0, 0.1) is 5.82 Å². The maximum atomic E-state index is 14.5. The van der Waals surface area contributed by atoms with Crippen LogP contribution >= 0.6 is 0 Å². The van der Waals surface area contributed by atoms with Crippen molar-refractivity contribution < 1.29 is 27.7 Å². The second kappa shape index (κ2) is 7.90. The van der Waals surface area contributed by atoms with Crippen LogP contribution in [-0.4, -0.2) is 67.3 Å². The Morgan fingerprint density at radius 2 is 2.15 bits per heavy atom. The summed E-state index contributed by atoms with van der Waals surface area (Å²) >= 11 is 0. The van der Waals surface area contributed by atoms with Gasteiger partial charge in [-0.3, -0.25) is 9.11 Å². The van der Waals surface area contributed by atoms with Crippen LogP contribution in [0.5, 0.6) is 0 Å². The third kappa shape index (κ3) is 4.06. The number of benzene rings is 1. The van der Waals surface area contributed by atoms with E-state index < -0.39 is 34.9 Å². The number of nitrogens with zero attached hydrogens (tertiary/aromatic N) is 2. The lowest BCUT2D eigenvalue weighted by Gasteiger charge is -2.29. The van der Waals surface area contributed by atoms with Crippen molar-refractivity contribution in [3.8, 4) is 0 Å². The number of nitrogens with one attached hydrogen (secondary N) is 1. The third-order valence-corrected chi connectivity index (χ3v) is 5.52. The summed E-state index contributed by atoms with van der Waals surface area (Å²) in [6.45, 7) is 1.16. The number of carbonyl (C=O) groups is 2. The Kier molecular flexibility index (Phi) is 5.60. The van der Waals surface area contributed by atoms with Crippen LogP contribution < -0.4 is 15.1 Å². The molecule has 2 aliphatic rings. The molecule has 1 atom stereocenters. The first kappa shape index (κ1) is 18.4. The molecule has 1 aromatic rings. The van der Waals surface area contributed by atoms with E-state index in [2.05, 4.69) is 5.32 Å². The summed E-state index contributed by atoms with van der Waals surface area (Å²) in [5.41, 5.74) is 0.803. The highest BCUT2D eigenvalue weighted by Gasteiger charge is 2.33. The van der Waals surface area contributed by atoms with Crippen molar-refractivity contribution in [2.75, 3.05) is 54.6 Å². The number of rotatable bonds is 4. The number of hydrogen-bond acceptors (Lipinski definition) is 6. The number of hydrogen-bond donors (Lipinski definition) is 1. The molecule has 0 radical (unpaired) electrons. The lowest BCUT2D eigenvalue weighted by molar-refractivity contribution is 0.0745. The molecule has 1 aromatic carbocycles. The monoisotopic (exact) mass is 385 g/mol. The largest absolute Gasteiger partial charge is 0.446 e. The standard InChI is InChI=1S/C16H20FN3O5S/c1-18-15(21)24-10-12-9-20(16(22)25-12)11-2-3-14(13(17)8-11)19-4-6-26(23)7-5-19/h2-3,8,12H,4-7,9-10H2,1H3,(H,18,21)/t12-/m1/s1. The Hall–Kier alpha value is -2.36. The molecule has 0 unspecified atom stereocenters. The molecule has 3 rings (SSSR count). The van der Waals surface area contributed by atoms with Crippen molar-refractivity contribution in [3.63, 3.8) is 0 Å². The van der Waals surface area contributed by atoms with E-state index in [-0.39, 0.29) is 13.2 Å². The Morgan fingerprint density at radius 3 is 2.81 bits per heavy atom. The molecule has 26 heavy (non-hydrogen) atoms. The molecule has 0 saturated carbocycles. The van der Waals surface area contributed by atoms with Crippen molar-refractivity contribution in [2.45, 2.75) is 6.10 Å². The van der Waals surface area contributed by atoms with E-state index in [9.17, 15) is 18.2 Å². The van der Waals surface area contributed by atoms with Gasteiger partial charge in [0.2, 0.25) is 0 Å². The van der Waals surface area contributed by atoms with E-state index in [1.165, 1.54) is 18.0 Å². The van der Waals surface area contributed by atoms with Gasteiger partial charge < -0.3 is 19.7 Å². The van der Waals surface area contributed by atoms with Gasteiger partial charge in [0.15, 0.2) is 6.10 Å². The normalized spacial score (nSPS) is 20.8. The maximum absolute atomic E-state index is 14.5. The van der Waals surface area contributed by atoms with Gasteiger partial charge in [0.05, 0.1) is 17.9 Å². The van der Waals surface area contributed by atoms with Gasteiger partial charge >= 0.3 is 12.2 Å². The second-order valence-corrected chi connectivity index (χ2v) is 7.63. The minimum Gasteiger partial charge on any atom is -0.446 e. The van der Waals surface area contributed by atoms with Crippen molar-refractivity contribution in [3.05, 3.63) is 24.0 Å². The van der Waals surface area contributed by atoms with Gasteiger partial charge in [0.25, 0.3) is 0 Å². The summed E-state index contributed by atoms with van der Waals surface area (Å²) in [5.74, 6) is 0.590. The molecule has 0 aromatic heterocycles. The lowest BCUT2D eigenvalue weighted by atomic mass is 10.2. The average Bonchev–Trinajstić information content (AvgIpc) is 3.01. The smallest absolute Gasteiger partial charge is 0.414 e. The number of halogens is 1. The summed E-state index contributed by atoms with van der Waals surface area (Å²) < 4.78 is 36.0. The fourth-order valence-corrected chi connectivity index (χ4v) is 3.91. The molecule has 0 spiro atoms. The summed E-state index contributed by atoms with van der Waals surface area (Å²) in [4.78, 5) is 26.3. The number of anilines is 2. The summed E-state index contributed by atoms with van der Waals surface area (Å²) in [5, 5.41) is 2.30. The van der Waals surface area contributed by atoms with Crippen LogP contribution in [0.15, 0.2) is 18.2 Å². The summed E-state index contributed by atoms with van der Waals surface area (Å²) in [7, 11) is 0.594. The average molecular weight is 385 g/mol. The number of amides is 2. The van der Waals surface area contributed by atoms with Crippen molar-refractivity contribution in [1.29, 1.82) is 0 Å². The maximum Gasteiger partial charge on any atom is 0.414 e. The SMILES string of the molecule is CNC(=O)OC[C@H]1CN(c2ccc(N3CCS(=O)CC3)c(F)c2)C(=O)O1. The Balaban J connectivity index is 1.66. The van der Waals surface area contributed by atoms with Gasteiger partial charge in [-0.05, 0) is 18.2 Å². The van der Waals surface area contributed by atoms with E-state index in [0.29, 0.717) is 36.0 Å². The summed E-state index contributed by atoms with van der Waals surface area (Å²) in [6.07, 6.45) is -1.84. The number of cyclic esters (lactones) is 1. The molecule has 2 aliphatic heterocycles. The molecular weight excluding hydrogens is 365 g/mol. The van der Waals surface area contributed by atoms with E-state index in [4.69, 9.17) is 9.47 Å². The molecule has 2 heterocycles. The van der Waals surface area contributed by atoms with Gasteiger partial charge in [-0.25, -0.2) is 14.0 Å². The van der Waals surface area contributed by atoms with Crippen LogP contribution in [-0.2, 0) is 20.3 Å². The second-order valence-electron chi connectivity index (χ2n) is 5.94. The molecule has 1 N–H and O–H groups in total. The third-order valence-electron chi connectivity index (χ3n) is 4.24. The fraction of sp³-hybridized carbons (Fsp3) is 0.500. The van der Waals surface area contributed by atoms with Crippen LogP contribution in [0.1, 0.15) is 0 Å². The van der Waals surface area contributed by atoms with Gasteiger partial charge in [0, 0.05) is 42.4 Å². The van der Waals surface area contributed by atoms with E-state index in [1.807, 2.05) is 4.90 Å². The zero-order chi connectivity index (χ0) is 18.7. The van der Waals surface area contributed by atoms with Crippen LogP contribution in [0.25, 0.3) is 0 Å². The highest BCUT2D eigenvalue weighted by Crippen LogP contribution is 2.28. The first-order chi connectivity index (χ1) is 12.5. The van der Waals surface area contributed by atoms with Crippen molar-refractivity contribution >= 4 is 34.4 Å². The predicted molar refractivity (Wildman–Crippen MR) is 94.5 cm³/mol. The minimum atomic E-state index is -0.837. The zero-order valence-corrected chi connectivity index (χ0v) is 15.1. The van der Waals surface area contributed by atoms with E-state index >= 15 is 0 Å². The molecule has 0 bridgehead atoms. The van der Waals surface area contributed by atoms with Gasteiger partial charge in [-0.15, -0.1) is 0 Å². The molecule has 2 saturated heterocycles. The van der Waals surface area contributed by atoms with Gasteiger partial charge in [0.1, 0.15) is 12.4 Å². The molecule has 2 fully saturated rings. The molecule has 8 nitrogen and oxygen atoms in total. The molecule has 10 heteroatoms. The number of carbonyl (C=O) groups excluding carboxylic acids is 2. The Bertz CT molecular complexity index is 722. The van der Waals surface area contributed by atoms with Gasteiger partial charge in [-0.2, -0.15) is 0 Å². The molecule has 142 valence electrons. The minimum absolute atomic E-state index is 0.0760. The Labute approximate surface area is 152 Å². The predicted octanol–water partition coefficient (Wildman–Crippen LogP) is 1.08. The van der Waals surface area contributed by atoms with Gasteiger partial charge in [-0.1, -0.05) is 0 Å². The van der Waals surface area contributed by atoms with E-state index in [0.717, 1.165) is 0 Å². The van der Waals surface area contributed by atoms with Crippen LogP contribution in [0.2, 0.25) is 0 Å². The molecule has 0 aliphatic carbocycles. The lowest BCUT2D eigenvalue weighted by Crippen LogP contribution is -2.38. The highest BCUT2D eigenvalue weighted by atomic mass is 32.2. The molecule has 2 amide bonds. The van der Waals surface area contributed by atoms with Crippen LogP contribution in [0.3, 0.4) is 0 Å². The number of ether oxygens (including phenoxy) is 2. The summed E-state index contributed by atoms with van der Waals surface area (Å²) in [6, 6.07) is 4.54.